The van der Waals surface area contributed by atoms with E-state index in [1.54, 1.807) is 30.3 Å². The van der Waals surface area contributed by atoms with E-state index in [1.165, 1.54) is 6.08 Å². The lowest BCUT2D eigenvalue weighted by molar-refractivity contribution is -0.382. The first kappa shape index (κ1) is 13.9. The second kappa shape index (κ2) is 4.87. The fraction of sp³-hybridized carbons (Fsp3) is 0.111. The molecule has 0 amide bonds. The van der Waals surface area contributed by atoms with Crippen molar-refractivity contribution >= 4 is 33.3 Å². The van der Waals surface area contributed by atoms with Gasteiger partial charge < -0.3 is 10.2 Å². The van der Waals surface area contributed by atoms with Crippen LogP contribution in [0.1, 0.15) is 17.2 Å². The molecule has 0 bridgehead atoms. The Morgan fingerprint density at radius 2 is 1.65 bits per heavy atom. The highest BCUT2D eigenvalue weighted by Gasteiger charge is 2.25. The quantitative estimate of drug-likeness (QED) is 0.410. The van der Waals surface area contributed by atoms with Crippen molar-refractivity contribution in [1.82, 2.24) is 0 Å². The van der Waals surface area contributed by atoms with E-state index in [0.717, 1.165) is 10.8 Å². The molecule has 0 radical (unpaired) electrons. The second-order valence-corrected chi connectivity index (χ2v) is 5.66. The third kappa shape index (κ3) is 1.94. The molecular formula is C18H13NO4. The summed E-state index contributed by atoms with van der Waals surface area (Å²) >= 11 is 0. The topological polar surface area (TPSA) is 83.6 Å². The first-order valence-corrected chi connectivity index (χ1v) is 7.25. The molecule has 5 heteroatoms. The van der Waals surface area contributed by atoms with Crippen LogP contribution < -0.4 is 0 Å². The molecular weight excluding hydrogens is 294 g/mol. The summed E-state index contributed by atoms with van der Waals surface area (Å²) in [5, 5.41) is 34.3. The Morgan fingerprint density at radius 1 is 0.957 bits per heavy atom. The molecule has 1 aliphatic rings. The molecule has 5 nitrogen and oxygen atoms in total. The molecule has 3 aromatic rings. The van der Waals surface area contributed by atoms with Crippen molar-refractivity contribution in [2.75, 3.05) is 0 Å². The molecule has 0 fully saturated rings. The number of benzene rings is 3. The maximum atomic E-state index is 11.4. The molecule has 0 aliphatic heterocycles. The minimum atomic E-state index is -1.02. The van der Waals surface area contributed by atoms with Crippen LogP contribution in [0.2, 0.25) is 0 Å². The van der Waals surface area contributed by atoms with Crippen LogP contribution in [-0.4, -0.2) is 21.2 Å². The lowest BCUT2D eigenvalue weighted by Gasteiger charge is -2.23. The zero-order chi connectivity index (χ0) is 16.1. The van der Waals surface area contributed by atoms with Crippen molar-refractivity contribution in [3.8, 4) is 0 Å². The normalized spacial score (nSPS) is 19.9. The molecule has 0 spiro atoms. The lowest BCUT2D eigenvalue weighted by atomic mass is 9.87. The number of rotatable bonds is 1. The first-order valence-electron chi connectivity index (χ1n) is 7.25. The fourth-order valence-electron chi connectivity index (χ4n) is 3.28. The number of nitro groups is 1. The van der Waals surface area contributed by atoms with Gasteiger partial charge in [0.2, 0.25) is 0 Å². The van der Waals surface area contributed by atoms with E-state index in [9.17, 15) is 20.3 Å². The Morgan fingerprint density at radius 3 is 2.39 bits per heavy atom. The predicted octanol–water partition coefficient (Wildman–Crippen LogP) is 3.32. The minimum Gasteiger partial charge on any atom is -0.386 e. The minimum absolute atomic E-state index is 0.0375. The molecule has 2 N–H and O–H groups in total. The Balaban J connectivity index is 2.18. The number of non-ortho nitro benzene ring substituents is 1. The lowest BCUT2D eigenvalue weighted by Crippen LogP contribution is -2.19. The summed E-state index contributed by atoms with van der Waals surface area (Å²) in [5.74, 6) is 0. The van der Waals surface area contributed by atoms with Crippen LogP contribution in [-0.2, 0) is 0 Å². The van der Waals surface area contributed by atoms with Gasteiger partial charge in [-0.3, -0.25) is 10.1 Å². The summed E-state index contributed by atoms with van der Waals surface area (Å²) in [4.78, 5) is 11.1. The van der Waals surface area contributed by atoms with Gasteiger partial charge in [0.1, 0.15) is 12.2 Å². The molecule has 0 unspecified atom stereocenters. The van der Waals surface area contributed by atoms with Crippen molar-refractivity contribution < 1.29 is 15.1 Å². The van der Waals surface area contributed by atoms with E-state index in [4.69, 9.17) is 0 Å². The maximum Gasteiger partial charge on any atom is 0.277 e. The summed E-state index contributed by atoms with van der Waals surface area (Å²) in [6.07, 6.45) is 1.24. The predicted molar refractivity (Wildman–Crippen MR) is 88.1 cm³/mol. The van der Waals surface area contributed by atoms with Gasteiger partial charge in [0, 0.05) is 6.07 Å². The average Bonchev–Trinajstić information content (AvgIpc) is 2.56. The van der Waals surface area contributed by atoms with Crippen LogP contribution >= 0.6 is 0 Å². The monoisotopic (exact) mass is 307 g/mol. The number of fused-ring (bicyclic) bond motifs is 5. The Labute approximate surface area is 131 Å². The molecule has 3 aromatic carbocycles. The van der Waals surface area contributed by atoms with Gasteiger partial charge in [-0.1, -0.05) is 42.5 Å². The van der Waals surface area contributed by atoms with Gasteiger partial charge in [-0.25, -0.2) is 0 Å². The Bertz CT molecular complexity index is 993. The summed E-state index contributed by atoms with van der Waals surface area (Å²) in [6.45, 7) is 0. The summed E-state index contributed by atoms with van der Waals surface area (Å²) in [5.41, 5.74) is 1.33. The van der Waals surface area contributed by atoms with E-state index in [0.29, 0.717) is 21.9 Å². The highest BCUT2D eigenvalue weighted by Crippen LogP contribution is 2.39. The third-order valence-corrected chi connectivity index (χ3v) is 4.39. The first-order chi connectivity index (χ1) is 11.1. The van der Waals surface area contributed by atoms with Crippen LogP contribution in [0.3, 0.4) is 0 Å². The molecule has 0 aromatic heterocycles. The zero-order valence-corrected chi connectivity index (χ0v) is 12.0. The number of nitrogens with zero attached hydrogens (tertiary/aromatic N) is 1. The van der Waals surface area contributed by atoms with Gasteiger partial charge >= 0.3 is 0 Å². The molecule has 0 saturated heterocycles. The van der Waals surface area contributed by atoms with Crippen LogP contribution in [0, 0.1) is 10.1 Å². The van der Waals surface area contributed by atoms with Crippen LogP contribution in [0.4, 0.5) is 5.69 Å². The van der Waals surface area contributed by atoms with E-state index in [-0.39, 0.29) is 10.6 Å². The summed E-state index contributed by atoms with van der Waals surface area (Å²) in [6, 6.07) is 12.4. The van der Waals surface area contributed by atoms with Crippen molar-refractivity contribution in [2.24, 2.45) is 0 Å². The van der Waals surface area contributed by atoms with E-state index < -0.39 is 12.2 Å². The maximum absolute atomic E-state index is 11.4. The molecule has 114 valence electrons. The molecule has 1 aliphatic carbocycles. The number of hydrogen-bond donors (Lipinski definition) is 2. The second-order valence-electron chi connectivity index (χ2n) is 5.66. The van der Waals surface area contributed by atoms with Crippen molar-refractivity contribution in [3.05, 3.63) is 69.8 Å². The van der Waals surface area contributed by atoms with Crippen molar-refractivity contribution in [1.29, 1.82) is 0 Å². The van der Waals surface area contributed by atoms with E-state index >= 15 is 0 Å². The van der Waals surface area contributed by atoms with Crippen LogP contribution in [0.15, 0.2) is 48.5 Å². The molecule has 2 atom stereocenters. The third-order valence-electron chi connectivity index (χ3n) is 4.39. The van der Waals surface area contributed by atoms with Crippen LogP contribution in [0.5, 0.6) is 0 Å². The standard InChI is InChI=1S/C18H13NO4/c20-17-8-7-12-14(18(17)21)6-5-11-10-3-1-2-4-13(10)16(19(22)23)9-15(11)12/h1-9,17-18,20-21H/t17-,18-/m0/s1. The molecule has 23 heavy (non-hydrogen) atoms. The average molecular weight is 307 g/mol. The number of hydrogen-bond acceptors (Lipinski definition) is 4. The summed E-state index contributed by atoms with van der Waals surface area (Å²) in [7, 11) is 0. The SMILES string of the molecule is O=[N+]([O-])c1cc2c3c(ccc2c2ccccc12)[C@H](O)[C@@H](O)C=C3. The highest BCUT2D eigenvalue weighted by molar-refractivity contribution is 6.14. The zero-order valence-electron chi connectivity index (χ0n) is 12.0. The van der Waals surface area contributed by atoms with Gasteiger partial charge in [-0.2, -0.15) is 0 Å². The van der Waals surface area contributed by atoms with Gasteiger partial charge in [0.05, 0.1) is 10.3 Å². The van der Waals surface area contributed by atoms with Gasteiger partial charge in [0.25, 0.3) is 5.69 Å². The molecule has 4 rings (SSSR count). The van der Waals surface area contributed by atoms with Gasteiger partial charge in [-0.05, 0) is 33.4 Å². The molecule has 0 heterocycles. The summed E-state index contributed by atoms with van der Waals surface area (Å²) < 4.78 is 0. The number of nitro benzene ring substituents is 1. The smallest absolute Gasteiger partial charge is 0.277 e. The van der Waals surface area contributed by atoms with Crippen LogP contribution in [0.25, 0.3) is 27.6 Å². The fourth-order valence-corrected chi connectivity index (χ4v) is 3.28. The van der Waals surface area contributed by atoms with Crippen molar-refractivity contribution in [3.63, 3.8) is 0 Å². The Hall–Kier alpha value is -2.76. The largest absolute Gasteiger partial charge is 0.386 e. The number of aliphatic hydroxyl groups excluding tert-OH is 2. The van der Waals surface area contributed by atoms with E-state index in [2.05, 4.69) is 0 Å². The number of aliphatic hydroxyl groups is 2. The van der Waals surface area contributed by atoms with Gasteiger partial charge in [0.15, 0.2) is 0 Å². The molecule has 0 saturated carbocycles. The Kier molecular flexibility index (Phi) is 2.94. The van der Waals surface area contributed by atoms with E-state index in [1.807, 2.05) is 18.2 Å². The van der Waals surface area contributed by atoms with Crippen molar-refractivity contribution in [2.45, 2.75) is 12.2 Å². The van der Waals surface area contributed by atoms with Gasteiger partial charge in [-0.15, -0.1) is 0 Å². The highest BCUT2D eigenvalue weighted by atomic mass is 16.6.